The Bertz CT molecular complexity index is 917. The molecule has 1 aromatic heterocycles. The topological polar surface area (TPSA) is 68.7 Å². The number of aromatic nitrogens is 1. The molecule has 0 bridgehead atoms. The number of aromatic amines is 1. The number of rotatable bonds is 5. The summed E-state index contributed by atoms with van der Waals surface area (Å²) in [6, 6.07) is 19.6. The van der Waals surface area contributed by atoms with Crippen LogP contribution in [0.3, 0.4) is 0 Å². The summed E-state index contributed by atoms with van der Waals surface area (Å²) in [7, 11) is 0. The Hall–Kier alpha value is -3.32. The van der Waals surface area contributed by atoms with E-state index in [2.05, 4.69) is 10.3 Å². The standard InChI is InChI=1S/C20H17N3O/c21-14-17(13-16-7-4-8-19-18(16)10-12-22-19)20(24)23-11-9-15-5-2-1-3-6-15/h1-8,10,12-13,22H,9,11H2,(H,23,24). The highest BCUT2D eigenvalue weighted by Crippen LogP contribution is 2.19. The quantitative estimate of drug-likeness (QED) is 0.559. The minimum Gasteiger partial charge on any atom is -0.361 e. The van der Waals surface area contributed by atoms with Gasteiger partial charge in [0.1, 0.15) is 11.6 Å². The van der Waals surface area contributed by atoms with Gasteiger partial charge in [0, 0.05) is 23.6 Å². The van der Waals surface area contributed by atoms with E-state index in [0.717, 1.165) is 28.5 Å². The van der Waals surface area contributed by atoms with E-state index in [1.807, 2.05) is 66.9 Å². The van der Waals surface area contributed by atoms with Crippen molar-refractivity contribution in [1.29, 1.82) is 5.26 Å². The highest BCUT2D eigenvalue weighted by atomic mass is 16.1. The van der Waals surface area contributed by atoms with E-state index >= 15 is 0 Å². The highest BCUT2D eigenvalue weighted by molar-refractivity contribution is 6.03. The molecule has 0 aliphatic rings. The summed E-state index contributed by atoms with van der Waals surface area (Å²) < 4.78 is 0. The Balaban J connectivity index is 1.70. The molecule has 0 aliphatic heterocycles. The summed E-state index contributed by atoms with van der Waals surface area (Å²) >= 11 is 0. The zero-order chi connectivity index (χ0) is 16.8. The SMILES string of the molecule is N#CC(=Cc1cccc2[nH]ccc12)C(=O)NCCc1ccccc1. The van der Waals surface area contributed by atoms with Gasteiger partial charge in [0.05, 0.1) is 0 Å². The number of carbonyl (C=O) groups is 1. The van der Waals surface area contributed by atoms with E-state index in [9.17, 15) is 10.1 Å². The molecule has 24 heavy (non-hydrogen) atoms. The van der Waals surface area contributed by atoms with Gasteiger partial charge in [0.25, 0.3) is 5.91 Å². The fourth-order valence-electron chi connectivity index (χ4n) is 2.60. The van der Waals surface area contributed by atoms with Gasteiger partial charge in [-0.2, -0.15) is 5.26 Å². The van der Waals surface area contributed by atoms with E-state index in [4.69, 9.17) is 0 Å². The van der Waals surface area contributed by atoms with Crippen molar-refractivity contribution in [2.24, 2.45) is 0 Å². The zero-order valence-electron chi connectivity index (χ0n) is 13.1. The van der Waals surface area contributed by atoms with Gasteiger partial charge in [-0.05, 0) is 35.8 Å². The minimum absolute atomic E-state index is 0.108. The Labute approximate surface area is 140 Å². The van der Waals surface area contributed by atoms with Crippen molar-refractivity contribution in [3.63, 3.8) is 0 Å². The molecule has 2 N–H and O–H groups in total. The summed E-state index contributed by atoms with van der Waals surface area (Å²) in [6.45, 7) is 0.496. The fourth-order valence-corrected chi connectivity index (χ4v) is 2.60. The fraction of sp³-hybridized carbons (Fsp3) is 0.100. The maximum atomic E-state index is 12.2. The maximum absolute atomic E-state index is 12.2. The lowest BCUT2D eigenvalue weighted by molar-refractivity contribution is -0.117. The van der Waals surface area contributed by atoms with Crippen LogP contribution in [-0.4, -0.2) is 17.4 Å². The molecule has 0 fully saturated rings. The second-order valence-electron chi connectivity index (χ2n) is 5.45. The molecular weight excluding hydrogens is 298 g/mol. The lowest BCUT2D eigenvalue weighted by Crippen LogP contribution is -2.26. The van der Waals surface area contributed by atoms with Crippen LogP contribution < -0.4 is 5.32 Å². The number of nitriles is 1. The molecule has 0 atom stereocenters. The van der Waals surface area contributed by atoms with Gasteiger partial charge in [-0.15, -0.1) is 0 Å². The van der Waals surface area contributed by atoms with Gasteiger partial charge in [0.15, 0.2) is 0 Å². The maximum Gasteiger partial charge on any atom is 0.261 e. The number of H-pyrrole nitrogens is 1. The van der Waals surface area contributed by atoms with Crippen molar-refractivity contribution in [2.45, 2.75) is 6.42 Å². The summed E-state index contributed by atoms with van der Waals surface area (Å²) in [5.41, 5.74) is 3.09. The van der Waals surface area contributed by atoms with E-state index < -0.39 is 0 Å². The van der Waals surface area contributed by atoms with Crippen molar-refractivity contribution in [3.8, 4) is 6.07 Å². The molecule has 3 aromatic rings. The average Bonchev–Trinajstić information content (AvgIpc) is 3.10. The molecule has 0 radical (unpaired) electrons. The van der Waals surface area contributed by atoms with Crippen molar-refractivity contribution in [2.75, 3.05) is 6.54 Å². The molecule has 1 amide bonds. The van der Waals surface area contributed by atoms with Gasteiger partial charge >= 0.3 is 0 Å². The van der Waals surface area contributed by atoms with Gasteiger partial charge in [-0.3, -0.25) is 4.79 Å². The number of hydrogen-bond donors (Lipinski definition) is 2. The van der Waals surface area contributed by atoms with Crippen LogP contribution in [0.15, 0.2) is 66.4 Å². The van der Waals surface area contributed by atoms with Crippen LogP contribution >= 0.6 is 0 Å². The first-order valence-corrected chi connectivity index (χ1v) is 7.78. The van der Waals surface area contributed by atoms with Crippen LogP contribution in [0.1, 0.15) is 11.1 Å². The molecule has 0 unspecified atom stereocenters. The van der Waals surface area contributed by atoms with Crippen LogP contribution in [-0.2, 0) is 11.2 Å². The van der Waals surface area contributed by atoms with Crippen molar-refractivity contribution in [1.82, 2.24) is 10.3 Å². The number of nitrogens with zero attached hydrogens (tertiary/aromatic N) is 1. The summed E-state index contributed by atoms with van der Waals surface area (Å²) in [5.74, 6) is -0.346. The molecule has 4 heteroatoms. The smallest absolute Gasteiger partial charge is 0.261 e. The van der Waals surface area contributed by atoms with E-state index in [1.54, 1.807) is 6.08 Å². The third-order valence-corrected chi connectivity index (χ3v) is 3.84. The first-order valence-electron chi connectivity index (χ1n) is 7.78. The first kappa shape index (κ1) is 15.6. The summed E-state index contributed by atoms with van der Waals surface area (Å²) in [6.07, 6.45) is 4.21. The second kappa shape index (κ2) is 7.30. The molecule has 118 valence electrons. The largest absolute Gasteiger partial charge is 0.361 e. The first-order chi connectivity index (χ1) is 11.8. The predicted octanol–water partition coefficient (Wildman–Crippen LogP) is 3.43. The number of amides is 1. The molecule has 1 heterocycles. The van der Waals surface area contributed by atoms with Crippen LogP contribution in [0.4, 0.5) is 0 Å². The minimum atomic E-state index is -0.346. The average molecular weight is 315 g/mol. The monoisotopic (exact) mass is 315 g/mol. The molecule has 0 spiro atoms. The van der Waals surface area contributed by atoms with Gasteiger partial charge < -0.3 is 10.3 Å². The Morgan fingerprint density at radius 3 is 2.75 bits per heavy atom. The van der Waals surface area contributed by atoms with Gasteiger partial charge in [0.2, 0.25) is 0 Å². The molecule has 3 rings (SSSR count). The number of carbonyl (C=O) groups excluding carboxylic acids is 1. The lowest BCUT2D eigenvalue weighted by Gasteiger charge is -2.05. The molecule has 2 aromatic carbocycles. The van der Waals surface area contributed by atoms with Crippen molar-refractivity contribution in [3.05, 3.63) is 77.5 Å². The molecular formula is C20H17N3O. The predicted molar refractivity (Wildman–Crippen MR) is 95.0 cm³/mol. The number of nitrogens with one attached hydrogen (secondary N) is 2. The van der Waals surface area contributed by atoms with Gasteiger partial charge in [-0.1, -0.05) is 42.5 Å². The summed E-state index contributed by atoms with van der Waals surface area (Å²) in [5, 5.41) is 13.1. The Kier molecular flexibility index (Phi) is 4.73. The van der Waals surface area contributed by atoms with E-state index in [0.29, 0.717) is 6.54 Å². The molecule has 0 saturated carbocycles. The van der Waals surface area contributed by atoms with E-state index in [1.165, 1.54) is 0 Å². The van der Waals surface area contributed by atoms with Crippen LogP contribution in [0.25, 0.3) is 17.0 Å². The third-order valence-electron chi connectivity index (χ3n) is 3.84. The number of benzene rings is 2. The Morgan fingerprint density at radius 2 is 1.96 bits per heavy atom. The molecule has 0 saturated heterocycles. The van der Waals surface area contributed by atoms with Crippen LogP contribution in [0.5, 0.6) is 0 Å². The van der Waals surface area contributed by atoms with Crippen molar-refractivity contribution >= 4 is 22.9 Å². The van der Waals surface area contributed by atoms with E-state index in [-0.39, 0.29) is 11.5 Å². The van der Waals surface area contributed by atoms with Crippen LogP contribution in [0.2, 0.25) is 0 Å². The lowest BCUT2D eigenvalue weighted by atomic mass is 10.1. The number of fused-ring (bicyclic) bond motifs is 1. The zero-order valence-corrected chi connectivity index (χ0v) is 13.1. The van der Waals surface area contributed by atoms with Gasteiger partial charge in [-0.25, -0.2) is 0 Å². The summed E-state index contributed by atoms with van der Waals surface area (Å²) in [4.78, 5) is 15.4. The normalized spacial score (nSPS) is 11.2. The number of hydrogen-bond acceptors (Lipinski definition) is 2. The molecule has 4 nitrogen and oxygen atoms in total. The van der Waals surface area contributed by atoms with Crippen LogP contribution in [0, 0.1) is 11.3 Å². The van der Waals surface area contributed by atoms with Crippen molar-refractivity contribution < 1.29 is 4.79 Å². The second-order valence-corrected chi connectivity index (χ2v) is 5.45. The Morgan fingerprint density at radius 1 is 1.12 bits per heavy atom. The third kappa shape index (κ3) is 3.53. The highest BCUT2D eigenvalue weighted by Gasteiger charge is 2.09. The molecule has 0 aliphatic carbocycles.